The van der Waals surface area contributed by atoms with E-state index in [-0.39, 0.29) is 36.4 Å². The SMILES string of the molecule is CN(C[C@@H]1C[C@H](c2ccc(CO)cc2)O[C@H](c2cccc(N3C(=O)c4ccccc4C3=O)c2)O1)C[C@@H](O)c1cccc(O)c1. The summed E-state index contributed by atoms with van der Waals surface area (Å²) < 4.78 is 12.9. The monoisotopic (exact) mass is 594 g/mol. The molecule has 0 unspecified atom stereocenters. The Bertz CT molecular complexity index is 1620. The number of nitrogens with zero attached hydrogens (tertiary/aromatic N) is 2. The van der Waals surface area contributed by atoms with Crippen molar-refractivity contribution >= 4 is 17.5 Å². The molecule has 2 heterocycles. The minimum Gasteiger partial charge on any atom is -0.508 e. The lowest BCUT2D eigenvalue weighted by Crippen LogP contribution is -2.39. The van der Waals surface area contributed by atoms with Gasteiger partial charge < -0.3 is 29.7 Å². The quantitative estimate of drug-likeness (QED) is 0.234. The standard InChI is InChI=1S/C35H34N2O7/c1-36(20-31(40)24-6-5-9-27(39)17-24)19-28-18-32(23-14-12-22(21-38)13-15-23)44-35(43-28)25-7-4-8-26(16-25)37-33(41)29-10-2-3-11-30(29)34(37)42/h2-17,28,31-32,35,38-40H,18-21H2,1H3/t28-,31+,32+,35+/m0/s1. The van der Waals surface area contributed by atoms with E-state index in [4.69, 9.17) is 9.47 Å². The first-order valence-corrected chi connectivity index (χ1v) is 14.5. The first-order valence-electron chi connectivity index (χ1n) is 14.5. The normalized spacial score (nSPS) is 20.6. The molecule has 0 bridgehead atoms. The summed E-state index contributed by atoms with van der Waals surface area (Å²) in [6, 6.07) is 28.0. The molecule has 0 radical (unpaired) electrons. The molecule has 2 aliphatic rings. The van der Waals surface area contributed by atoms with Crippen molar-refractivity contribution in [3.8, 4) is 5.75 Å². The smallest absolute Gasteiger partial charge is 0.266 e. The number of hydrogen-bond donors (Lipinski definition) is 3. The number of fused-ring (bicyclic) bond motifs is 1. The molecular weight excluding hydrogens is 560 g/mol. The summed E-state index contributed by atoms with van der Waals surface area (Å²) in [4.78, 5) is 29.5. The molecule has 6 rings (SSSR count). The Morgan fingerprint density at radius 3 is 2.25 bits per heavy atom. The number of aromatic hydroxyl groups is 1. The number of ether oxygens (including phenoxy) is 2. The van der Waals surface area contributed by atoms with Gasteiger partial charge in [-0.1, -0.05) is 60.7 Å². The van der Waals surface area contributed by atoms with Crippen LogP contribution in [0.5, 0.6) is 5.75 Å². The second-order valence-electron chi connectivity index (χ2n) is 11.3. The topological polar surface area (TPSA) is 120 Å². The summed E-state index contributed by atoms with van der Waals surface area (Å²) in [5, 5.41) is 30.1. The van der Waals surface area contributed by atoms with Gasteiger partial charge in [-0.25, -0.2) is 4.90 Å². The van der Waals surface area contributed by atoms with Crippen molar-refractivity contribution in [2.24, 2.45) is 0 Å². The fourth-order valence-electron chi connectivity index (χ4n) is 5.82. The largest absolute Gasteiger partial charge is 0.508 e. The highest BCUT2D eigenvalue weighted by molar-refractivity contribution is 6.34. The summed E-state index contributed by atoms with van der Waals surface area (Å²) in [7, 11) is 1.90. The Kier molecular flexibility index (Phi) is 8.56. The van der Waals surface area contributed by atoms with Crippen LogP contribution in [-0.2, 0) is 16.1 Å². The van der Waals surface area contributed by atoms with Crippen molar-refractivity contribution in [1.29, 1.82) is 0 Å². The molecule has 1 saturated heterocycles. The Morgan fingerprint density at radius 2 is 1.57 bits per heavy atom. The number of phenols is 1. The highest BCUT2D eigenvalue weighted by Gasteiger charge is 2.38. The lowest BCUT2D eigenvalue weighted by atomic mass is 9.99. The van der Waals surface area contributed by atoms with E-state index in [0.717, 1.165) is 11.1 Å². The van der Waals surface area contributed by atoms with Gasteiger partial charge in [0.15, 0.2) is 6.29 Å². The molecule has 4 aromatic rings. The van der Waals surface area contributed by atoms with Crippen molar-refractivity contribution in [1.82, 2.24) is 4.90 Å². The van der Waals surface area contributed by atoms with Crippen LogP contribution in [0.25, 0.3) is 0 Å². The van der Waals surface area contributed by atoms with Gasteiger partial charge in [-0.05, 0) is 60.1 Å². The Hall–Kier alpha value is -4.38. The second-order valence-corrected chi connectivity index (χ2v) is 11.3. The zero-order chi connectivity index (χ0) is 30.8. The van der Waals surface area contributed by atoms with Crippen LogP contribution in [0.15, 0.2) is 97.1 Å². The van der Waals surface area contributed by atoms with E-state index in [1.54, 1.807) is 66.7 Å². The second kappa shape index (κ2) is 12.7. The average Bonchev–Trinajstić information content (AvgIpc) is 3.30. The Morgan fingerprint density at radius 1 is 0.864 bits per heavy atom. The number of phenolic OH excluding ortho intramolecular Hbond substituents is 1. The molecule has 3 N–H and O–H groups in total. The summed E-state index contributed by atoms with van der Waals surface area (Å²) in [6.07, 6.45) is -1.68. The maximum Gasteiger partial charge on any atom is 0.266 e. The highest BCUT2D eigenvalue weighted by Crippen LogP contribution is 2.39. The van der Waals surface area contributed by atoms with Crippen molar-refractivity contribution in [2.45, 2.75) is 37.6 Å². The van der Waals surface area contributed by atoms with Crippen LogP contribution in [0, 0.1) is 0 Å². The third-order valence-corrected chi connectivity index (χ3v) is 8.06. The molecule has 226 valence electrons. The van der Waals surface area contributed by atoms with E-state index in [1.165, 1.54) is 4.90 Å². The first-order chi connectivity index (χ1) is 21.3. The third kappa shape index (κ3) is 6.14. The predicted octanol–water partition coefficient (Wildman–Crippen LogP) is 4.90. The number of benzene rings is 4. The number of likely N-dealkylation sites (N-methyl/N-ethyl adjacent to an activating group) is 1. The molecule has 4 aromatic carbocycles. The maximum absolute atomic E-state index is 13.2. The molecular formula is C35H34N2O7. The van der Waals surface area contributed by atoms with E-state index >= 15 is 0 Å². The van der Waals surface area contributed by atoms with Gasteiger partial charge in [-0.3, -0.25) is 9.59 Å². The van der Waals surface area contributed by atoms with E-state index in [0.29, 0.717) is 47.5 Å². The van der Waals surface area contributed by atoms with Crippen molar-refractivity contribution < 1.29 is 34.4 Å². The van der Waals surface area contributed by atoms with E-state index in [2.05, 4.69) is 0 Å². The minimum atomic E-state index is -0.805. The first kappa shape index (κ1) is 29.7. The average molecular weight is 595 g/mol. The van der Waals surface area contributed by atoms with Gasteiger partial charge in [-0.2, -0.15) is 0 Å². The lowest BCUT2D eigenvalue weighted by molar-refractivity contribution is -0.252. The van der Waals surface area contributed by atoms with E-state index < -0.39 is 12.4 Å². The molecule has 0 saturated carbocycles. The number of amides is 2. The van der Waals surface area contributed by atoms with Crippen LogP contribution in [-0.4, -0.2) is 58.3 Å². The van der Waals surface area contributed by atoms with Gasteiger partial charge >= 0.3 is 0 Å². The van der Waals surface area contributed by atoms with Crippen molar-refractivity contribution in [2.75, 3.05) is 25.0 Å². The Balaban J connectivity index is 1.24. The number of rotatable bonds is 9. The van der Waals surface area contributed by atoms with Gasteiger partial charge in [0.2, 0.25) is 0 Å². The van der Waals surface area contributed by atoms with E-state index in [1.807, 2.05) is 42.3 Å². The van der Waals surface area contributed by atoms with Crippen LogP contribution in [0.1, 0.15) is 67.9 Å². The van der Waals surface area contributed by atoms with Crippen LogP contribution in [0.4, 0.5) is 5.69 Å². The maximum atomic E-state index is 13.2. The number of carbonyl (C=O) groups excluding carboxylic acids is 2. The zero-order valence-corrected chi connectivity index (χ0v) is 24.2. The summed E-state index contributed by atoms with van der Waals surface area (Å²) >= 11 is 0. The molecule has 44 heavy (non-hydrogen) atoms. The highest BCUT2D eigenvalue weighted by atomic mass is 16.7. The molecule has 9 nitrogen and oxygen atoms in total. The minimum absolute atomic E-state index is 0.0585. The van der Waals surface area contributed by atoms with Crippen molar-refractivity contribution in [3.63, 3.8) is 0 Å². The zero-order valence-electron chi connectivity index (χ0n) is 24.2. The molecule has 0 aliphatic carbocycles. The number of hydrogen-bond acceptors (Lipinski definition) is 8. The van der Waals surface area contributed by atoms with Crippen LogP contribution >= 0.6 is 0 Å². The summed E-state index contributed by atoms with van der Waals surface area (Å²) in [5.41, 5.74) is 4.17. The van der Waals surface area contributed by atoms with Gasteiger partial charge in [0, 0.05) is 25.1 Å². The van der Waals surface area contributed by atoms with Gasteiger partial charge in [0.05, 0.1) is 41.7 Å². The Labute approximate surface area is 255 Å². The number of imide groups is 1. The number of aliphatic hydroxyl groups excluding tert-OH is 2. The van der Waals surface area contributed by atoms with Crippen LogP contribution in [0.2, 0.25) is 0 Å². The molecule has 9 heteroatoms. The molecule has 2 aliphatic heterocycles. The van der Waals surface area contributed by atoms with Crippen LogP contribution < -0.4 is 4.90 Å². The number of anilines is 1. The molecule has 0 aromatic heterocycles. The van der Waals surface area contributed by atoms with Gasteiger partial charge in [0.25, 0.3) is 11.8 Å². The third-order valence-electron chi connectivity index (χ3n) is 8.06. The summed E-state index contributed by atoms with van der Waals surface area (Å²) in [6.45, 7) is 0.746. The van der Waals surface area contributed by atoms with Gasteiger partial charge in [0.1, 0.15) is 5.75 Å². The molecule has 2 amide bonds. The summed E-state index contributed by atoms with van der Waals surface area (Å²) in [5.74, 6) is -0.655. The van der Waals surface area contributed by atoms with E-state index in [9.17, 15) is 24.9 Å². The fraction of sp³-hybridized carbons (Fsp3) is 0.257. The molecule has 1 fully saturated rings. The molecule has 0 spiro atoms. The predicted molar refractivity (Wildman–Crippen MR) is 163 cm³/mol. The lowest BCUT2D eigenvalue weighted by Gasteiger charge is -2.38. The molecule has 4 atom stereocenters. The van der Waals surface area contributed by atoms with Crippen molar-refractivity contribution in [3.05, 3.63) is 130 Å². The fourth-order valence-corrected chi connectivity index (χ4v) is 5.82. The van der Waals surface area contributed by atoms with Crippen LogP contribution in [0.3, 0.4) is 0 Å². The van der Waals surface area contributed by atoms with Gasteiger partial charge in [-0.15, -0.1) is 0 Å². The number of carbonyl (C=O) groups is 2. The number of aliphatic hydroxyl groups is 2.